The predicted molar refractivity (Wildman–Crippen MR) is 124 cm³/mol. The van der Waals surface area contributed by atoms with Gasteiger partial charge in [-0.25, -0.2) is 31.9 Å². The van der Waals surface area contributed by atoms with Crippen molar-refractivity contribution in [3.8, 4) is 17.2 Å². The van der Waals surface area contributed by atoms with E-state index in [9.17, 15) is 27.1 Å². The van der Waals surface area contributed by atoms with Gasteiger partial charge in [0.15, 0.2) is 6.17 Å². The van der Waals surface area contributed by atoms with E-state index >= 15 is 0 Å². The van der Waals surface area contributed by atoms with Gasteiger partial charge in [0.2, 0.25) is 0 Å². The van der Waals surface area contributed by atoms with Crippen LogP contribution in [0.25, 0.3) is 11.1 Å². The van der Waals surface area contributed by atoms with Gasteiger partial charge in [-0.15, -0.1) is 0 Å². The highest BCUT2D eigenvalue weighted by Crippen LogP contribution is 2.47. The normalized spacial score (nSPS) is 21.5. The number of hydrogen-bond acceptors (Lipinski definition) is 5. The second kappa shape index (κ2) is 9.82. The van der Waals surface area contributed by atoms with Gasteiger partial charge in [-0.1, -0.05) is 18.2 Å². The first-order valence-electron chi connectivity index (χ1n) is 11.3. The zero-order valence-corrected chi connectivity index (χ0v) is 19.5. The number of halogens is 5. The summed E-state index contributed by atoms with van der Waals surface area (Å²) >= 11 is 0. The Balaban J connectivity index is 0.000000179. The van der Waals surface area contributed by atoms with Gasteiger partial charge in [-0.2, -0.15) is 5.26 Å². The van der Waals surface area contributed by atoms with Crippen LogP contribution in [0.15, 0.2) is 36.5 Å². The third-order valence-corrected chi connectivity index (χ3v) is 6.39. The number of fused-ring (bicyclic) bond motifs is 2. The number of hydrogen-bond donors (Lipinski definition) is 2. The molecule has 188 valence electrons. The second-order valence-corrected chi connectivity index (χ2v) is 8.74. The highest BCUT2D eigenvalue weighted by molar-refractivity contribution is 5.78. The fraction of sp³-hybridized carbons (Fsp3) is 0.346. The number of benzene rings is 2. The maximum atomic E-state index is 13.8. The molecule has 36 heavy (non-hydrogen) atoms. The van der Waals surface area contributed by atoms with Crippen molar-refractivity contribution >= 4 is 5.82 Å². The van der Waals surface area contributed by atoms with Gasteiger partial charge in [0.1, 0.15) is 29.7 Å². The summed E-state index contributed by atoms with van der Waals surface area (Å²) in [5.74, 6) is -2.69. The lowest BCUT2D eigenvalue weighted by molar-refractivity contribution is -0.0966. The molecule has 0 spiro atoms. The van der Waals surface area contributed by atoms with Gasteiger partial charge in [-0.05, 0) is 59.7 Å². The van der Waals surface area contributed by atoms with E-state index in [1.54, 1.807) is 44.4 Å². The first-order valence-corrected chi connectivity index (χ1v) is 11.3. The number of aryl methyl sites for hydroxylation is 1. The topological polar surface area (TPSA) is 81.8 Å². The molecule has 0 bridgehead atoms. The molecule has 0 saturated heterocycles. The summed E-state index contributed by atoms with van der Waals surface area (Å²) in [4.78, 5) is 8.39. The second-order valence-electron chi connectivity index (χ2n) is 8.74. The highest BCUT2D eigenvalue weighted by Gasteiger charge is 2.48. The Morgan fingerprint density at radius 2 is 1.94 bits per heavy atom. The molecule has 3 atom stereocenters. The Hall–Kier alpha value is -3.58. The third kappa shape index (κ3) is 4.63. The lowest BCUT2D eigenvalue weighted by Crippen LogP contribution is -2.21. The number of aromatic nitrogens is 2. The van der Waals surface area contributed by atoms with Crippen LogP contribution in [0.2, 0.25) is 0 Å². The van der Waals surface area contributed by atoms with Crippen LogP contribution in [0.1, 0.15) is 52.3 Å². The molecule has 0 amide bonds. The van der Waals surface area contributed by atoms with Crippen LogP contribution >= 0.6 is 0 Å². The number of nitriles is 1. The largest absolute Gasteiger partial charge is 0.382 e. The molecular weight excluding hydrogens is 479 g/mol. The molecule has 2 aliphatic carbocycles. The Morgan fingerprint density at radius 3 is 2.64 bits per heavy atom. The van der Waals surface area contributed by atoms with Gasteiger partial charge < -0.3 is 10.4 Å². The third-order valence-electron chi connectivity index (χ3n) is 6.39. The number of aliphatic hydroxyl groups is 1. The fourth-order valence-corrected chi connectivity index (χ4v) is 4.65. The average molecular weight is 502 g/mol. The fourth-order valence-electron chi connectivity index (χ4n) is 4.65. The van der Waals surface area contributed by atoms with E-state index in [0.717, 1.165) is 12.1 Å². The van der Waals surface area contributed by atoms with Gasteiger partial charge >= 0.3 is 0 Å². The molecule has 0 aliphatic heterocycles. The minimum Gasteiger partial charge on any atom is -0.382 e. The number of aliphatic hydroxyl groups excluding tert-OH is 1. The first kappa shape index (κ1) is 25.5. The van der Waals surface area contributed by atoms with Crippen molar-refractivity contribution in [1.29, 1.82) is 5.26 Å². The van der Waals surface area contributed by atoms with E-state index < -0.39 is 36.6 Å². The van der Waals surface area contributed by atoms with E-state index in [-0.39, 0.29) is 23.1 Å². The minimum atomic E-state index is -3.14. The summed E-state index contributed by atoms with van der Waals surface area (Å²) in [7, 11) is 1.71. The number of nitrogens with one attached hydrogen (secondary N) is 1. The number of nitrogens with zero attached hydrogens (tertiary/aromatic N) is 3. The molecule has 3 unspecified atom stereocenters. The molecule has 2 aromatic carbocycles. The van der Waals surface area contributed by atoms with Crippen LogP contribution in [-0.2, 0) is 12.8 Å². The zero-order chi connectivity index (χ0) is 26.2. The Morgan fingerprint density at radius 1 is 1.19 bits per heavy atom. The molecule has 0 radical (unpaired) electrons. The van der Waals surface area contributed by atoms with Gasteiger partial charge in [0.25, 0.3) is 5.92 Å². The molecule has 1 heterocycles. The molecule has 0 saturated carbocycles. The van der Waals surface area contributed by atoms with E-state index in [4.69, 9.17) is 5.26 Å². The molecule has 10 heteroatoms. The summed E-state index contributed by atoms with van der Waals surface area (Å²) in [5.41, 5.74) is 2.43. The zero-order valence-electron chi connectivity index (χ0n) is 19.5. The quantitative estimate of drug-likeness (QED) is 0.439. The summed E-state index contributed by atoms with van der Waals surface area (Å²) < 4.78 is 67.0. The van der Waals surface area contributed by atoms with Crippen molar-refractivity contribution < 1.29 is 27.1 Å². The molecule has 0 fully saturated rings. The maximum absolute atomic E-state index is 13.8. The van der Waals surface area contributed by atoms with Crippen molar-refractivity contribution in [1.82, 2.24) is 9.97 Å². The Bertz CT molecular complexity index is 1340. The lowest BCUT2D eigenvalue weighted by atomic mass is 9.86. The maximum Gasteiger partial charge on any atom is 0.281 e. The van der Waals surface area contributed by atoms with Gasteiger partial charge in [-0.3, -0.25) is 0 Å². The summed E-state index contributed by atoms with van der Waals surface area (Å²) in [6.45, 7) is 1.75. The van der Waals surface area contributed by atoms with E-state index in [1.165, 1.54) is 0 Å². The van der Waals surface area contributed by atoms with Crippen LogP contribution in [0, 0.1) is 24.1 Å². The molecule has 5 nitrogen and oxygen atoms in total. The highest BCUT2D eigenvalue weighted by atomic mass is 19.3. The minimum absolute atomic E-state index is 0.00898. The molecule has 2 aliphatic rings. The van der Waals surface area contributed by atoms with E-state index in [0.29, 0.717) is 40.3 Å². The average Bonchev–Trinajstić information content (AvgIpc) is 3.09. The van der Waals surface area contributed by atoms with Crippen LogP contribution in [0.3, 0.4) is 0 Å². The van der Waals surface area contributed by atoms with Gasteiger partial charge in [0.05, 0.1) is 11.6 Å². The van der Waals surface area contributed by atoms with Crippen molar-refractivity contribution in [2.24, 2.45) is 0 Å². The van der Waals surface area contributed by atoms with E-state index in [2.05, 4.69) is 15.3 Å². The Kier molecular flexibility index (Phi) is 6.96. The van der Waals surface area contributed by atoms with Crippen LogP contribution in [-0.4, -0.2) is 34.2 Å². The van der Waals surface area contributed by atoms with Gasteiger partial charge in [0, 0.05) is 25.2 Å². The number of rotatable bonds is 2. The Labute approximate surface area is 204 Å². The molecule has 3 aromatic rings. The SMILES string of the molecule is CNc1nc(C)ncc1-c1cccc2c1C(O)C(F)(F)C2.N#Cc1cc(F)cc2c1CCC(F)C2F. The van der Waals surface area contributed by atoms with Crippen molar-refractivity contribution in [2.75, 3.05) is 12.4 Å². The monoisotopic (exact) mass is 502 g/mol. The molecule has 5 rings (SSSR count). The molecular formula is C26H23F5N4O. The smallest absolute Gasteiger partial charge is 0.281 e. The van der Waals surface area contributed by atoms with Crippen molar-refractivity contribution in [3.63, 3.8) is 0 Å². The standard InChI is InChI=1S/C15H15F2N3O.C11H8F3N/c1-8-19-7-11(14(18-2)20-8)10-5-3-4-9-6-15(16,17)13(21)12(9)10;12-7-3-6(5-15)8-1-2-10(13)11(14)9(8)4-7/h3-5,7,13,21H,6H2,1-2H3,(H,18,19,20);3-4,10-11H,1-2H2. The molecule has 1 aromatic heterocycles. The van der Waals surface area contributed by atoms with E-state index in [1.807, 2.05) is 0 Å². The summed E-state index contributed by atoms with van der Waals surface area (Å²) in [6, 6.07) is 8.88. The summed E-state index contributed by atoms with van der Waals surface area (Å²) in [5, 5.41) is 21.6. The molecule has 2 N–H and O–H groups in total. The van der Waals surface area contributed by atoms with Crippen molar-refractivity contribution in [3.05, 3.63) is 76.0 Å². The van der Waals surface area contributed by atoms with Crippen LogP contribution in [0.5, 0.6) is 0 Å². The van der Waals surface area contributed by atoms with Crippen molar-refractivity contribution in [2.45, 2.75) is 50.6 Å². The number of alkyl halides is 4. The predicted octanol–water partition coefficient (Wildman–Crippen LogP) is 5.71. The summed E-state index contributed by atoms with van der Waals surface area (Å²) in [6.07, 6.45) is -3.71. The lowest BCUT2D eigenvalue weighted by Gasteiger charge is -2.23. The van der Waals surface area contributed by atoms with Crippen LogP contribution < -0.4 is 5.32 Å². The number of anilines is 1. The van der Waals surface area contributed by atoms with Crippen LogP contribution in [0.4, 0.5) is 27.8 Å². The first-order chi connectivity index (χ1) is 17.1.